The Bertz CT molecular complexity index is 1110. The first kappa shape index (κ1) is 21.8. The number of aromatic nitrogens is 5. The van der Waals surface area contributed by atoms with Crippen LogP contribution in [0.4, 0.5) is 5.69 Å². The van der Waals surface area contributed by atoms with Crippen molar-refractivity contribution in [2.75, 3.05) is 44.7 Å². The predicted molar refractivity (Wildman–Crippen MR) is 121 cm³/mol. The second-order valence-corrected chi connectivity index (χ2v) is 8.57. The van der Waals surface area contributed by atoms with E-state index in [4.69, 9.17) is 9.26 Å². The smallest absolute Gasteiger partial charge is 0.261 e. The molecule has 3 aromatic rings. The molecule has 0 bridgehead atoms. The van der Waals surface area contributed by atoms with Gasteiger partial charge in [0.2, 0.25) is 5.91 Å². The molecule has 176 valence electrons. The van der Waals surface area contributed by atoms with Crippen LogP contribution >= 0.6 is 0 Å². The maximum absolute atomic E-state index is 11.7. The van der Waals surface area contributed by atoms with E-state index in [1.54, 1.807) is 13.1 Å². The first-order valence-corrected chi connectivity index (χ1v) is 11.6. The number of morpholine rings is 1. The molecule has 2 fully saturated rings. The molecule has 0 saturated carbocycles. The number of hydrogen-bond acceptors (Lipinski definition) is 9. The summed E-state index contributed by atoms with van der Waals surface area (Å²) in [6, 6.07) is 0.227. The van der Waals surface area contributed by atoms with Crippen molar-refractivity contribution in [2.24, 2.45) is 0 Å². The quantitative estimate of drug-likeness (QED) is 0.595. The van der Waals surface area contributed by atoms with Gasteiger partial charge in [0, 0.05) is 51.9 Å². The molecule has 2 aliphatic heterocycles. The summed E-state index contributed by atoms with van der Waals surface area (Å²) in [6.07, 6.45) is 5.37. The van der Waals surface area contributed by atoms with Crippen molar-refractivity contribution in [1.82, 2.24) is 34.7 Å². The highest BCUT2D eigenvalue weighted by Gasteiger charge is 2.25. The molecule has 0 aromatic carbocycles. The van der Waals surface area contributed by atoms with Gasteiger partial charge in [0.25, 0.3) is 5.89 Å². The molecule has 2 saturated heterocycles. The number of fused-ring (bicyclic) bond motifs is 1. The molecule has 0 unspecified atom stereocenters. The predicted octanol–water partition coefficient (Wildman–Crippen LogP) is 1.76. The standard InChI is InChI=1S/C22H30N8O3/c1-3-30-21-17(13-24-30)20(25-16-4-6-29(7-5-16)15(2)31)18(12-23-21)22-26-19(27-33-22)14-28-8-10-32-11-9-28/h12-13,16H,3-11,14H2,1-2H3,(H,23,25). The summed E-state index contributed by atoms with van der Waals surface area (Å²) in [6.45, 7) is 9.69. The van der Waals surface area contributed by atoms with Crippen molar-refractivity contribution < 1.29 is 14.1 Å². The van der Waals surface area contributed by atoms with Crippen molar-refractivity contribution in [2.45, 2.75) is 45.8 Å². The fourth-order valence-corrected chi connectivity index (χ4v) is 4.51. The SMILES string of the molecule is CCn1ncc2c(NC3CCN(C(C)=O)CC3)c(-c3nc(CN4CCOCC4)no3)cnc21. The third-order valence-electron chi connectivity index (χ3n) is 6.42. The third kappa shape index (κ3) is 4.55. The second kappa shape index (κ2) is 9.44. The van der Waals surface area contributed by atoms with Crippen LogP contribution in [0.2, 0.25) is 0 Å². The van der Waals surface area contributed by atoms with Gasteiger partial charge in [0.1, 0.15) is 0 Å². The Morgan fingerprint density at radius 1 is 1.18 bits per heavy atom. The molecule has 1 N–H and O–H groups in total. The van der Waals surface area contributed by atoms with Crippen LogP contribution in [0, 0.1) is 0 Å². The van der Waals surface area contributed by atoms with Crippen LogP contribution in [0.15, 0.2) is 16.9 Å². The van der Waals surface area contributed by atoms with E-state index in [9.17, 15) is 4.79 Å². The maximum atomic E-state index is 11.7. The summed E-state index contributed by atoms with van der Waals surface area (Å²) in [5, 5.41) is 13.3. The Kier molecular flexibility index (Phi) is 6.23. The van der Waals surface area contributed by atoms with Gasteiger partial charge in [-0.2, -0.15) is 10.1 Å². The van der Waals surface area contributed by atoms with E-state index >= 15 is 0 Å². The van der Waals surface area contributed by atoms with Gasteiger partial charge < -0.3 is 19.5 Å². The first-order chi connectivity index (χ1) is 16.1. The van der Waals surface area contributed by atoms with Crippen molar-refractivity contribution in [3.05, 3.63) is 18.2 Å². The molecule has 1 amide bonds. The molecule has 3 aromatic heterocycles. The lowest BCUT2D eigenvalue weighted by atomic mass is 10.0. The highest BCUT2D eigenvalue weighted by atomic mass is 16.5. The van der Waals surface area contributed by atoms with Gasteiger partial charge >= 0.3 is 0 Å². The largest absolute Gasteiger partial charge is 0.381 e. The zero-order valence-corrected chi connectivity index (χ0v) is 19.2. The summed E-state index contributed by atoms with van der Waals surface area (Å²) in [7, 11) is 0. The Hall–Kier alpha value is -3.05. The van der Waals surface area contributed by atoms with Gasteiger partial charge in [-0.25, -0.2) is 9.67 Å². The van der Waals surface area contributed by atoms with Gasteiger partial charge in [-0.3, -0.25) is 9.69 Å². The first-order valence-electron chi connectivity index (χ1n) is 11.6. The summed E-state index contributed by atoms with van der Waals surface area (Å²) in [5.41, 5.74) is 2.49. The minimum absolute atomic E-state index is 0.128. The normalized spacial score (nSPS) is 18.2. The number of ether oxygens (including phenoxy) is 1. The molecule has 5 rings (SSSR count). The third-order valence-corrected chi connectivity index (χ3v) is 6.42. The topological polar surface area (TPSA) is 114 Å². The van der Waals surface area contributed by atoms with Crippen LogP contribution < -0.4 is 5.32 Å². The van der Waals surface area contributed by atoms with Gasteiger partial charge in [0.05, 0.1) is 42.6 Å². The number of nitrogens with zero attached hydrogens (tertiary/aromatic N) is 7. The number of aryl methyl sites for hydroxylation is 1. The fourth-order valence-electron chi connectivity index (χ4n) is 4.51. The highest BCUT2D eigenvalue weighted by Crippen LogP contribution is 2.34. The molecular formula is C22H30N8O3. The minimum atomic E-state index is 0.128. The van der Waals surface area contributed by atoms with E-state index in [-0.39, 0.29) is 11.9 Å². The van der Waals surface area contributed by atoms with Crippen LogP contribution in [-0.4, -0.2) is 86.0 Å². The fraction of sp³-hybridized carbons (Fsp3) is 0.591. The molecule has 11 heteroatoms. The van der Waals surface area contributed by atoms with Gasteiger partial charge in [-0.05, 0) is 19.8 Å². The Balaban J connectivity index is 1.43. The molecule has 0 radical (unpaired) electrons. The van der Waals surface area contributed by atoms with Crippen LogP contribution in [0.25, 0.3) is 22.5 Å². The molecule has 11 nitrogen and oxygen atoms in total. The monoisotopic (exact) mass is 454 g/mol. The summed E-state index contributed by atoms with van der Waals surface area (Å²) < 4.78 is 13.0. The number of anilines is 1. The Morgan fingerprint density at radius 3 is 2.70 bits per heavy atom. The molecular weight excluding hydrogens is 424 g/mol. The van der Waals surface area contributed by atoms with Crippen molar-refractivity contribution in [3.8, 4) is 11.5 Å². The molecule has 2 aliphatic rings. The maximum Gasteiger partial charge on any atom is 0.261 e. The molecule has 0 spiro atoms. The number of carbonyl (C=O) groups excluding carboxylic acids is 1. The second-order valence-electron chi connectivity index (χ2n) is 8.57. The average molecular weight is 455 g/mol. The number of likely N-dealkylation sites (tertiary alicyclic amines) is 1. The zero-order chi connectivity index (χ0) is 22.8. The Morgan fingerprint density at radius 2 is 1.97 bits per heavy atom. The Labute approximate surface area is 192 Å². The number of nitrogens with one attached hydrogen (secondary N) is 1. The highest BCUT2D eigenvalue weighted by molar-refractivity contribution is 5.96. The van der Waals surface area contributed by atoms with E-state index in [2.05, 4.69) is 30.4 Å². The van der Waals surface area contributed by atoms with E-state index in [0.717, 1.165) is 81.1 Å². The number of rotatable bonds is 6. The molecule has 33 heavy (non-hydrogen) atoms. The number of pyridine rings is 1. The van der Waals surface area contributed by atoms with E-state index in [1.165, 1.54) is 0 Å². The van der Waals surface area contributed by atoms with E-state index in [0.29, 0.717) is 18.3 Å². The van der Waals surface area contributed by atoms with Crippen LogP contribution in [0.3, 0.4) is 0 Å². The van der Waals surface area contributed by atoms with E-state index in [1.807, 2.05) is 22.7 Å². The molecule has 0 aliphatic carbocycles. The number of amides is 1. The van der Waals surface area contributed by atoms with Gasteiger partial charge in [-0.1, -0.05) is 5.16 Å². The summed E-state index contributed by atoms with van der Waals surface area (Å²) in [5.74, 6) is 1.22. The van der Waals surface area contributed by atoms with Gasteiger partial charge in [-0.15, -0.1) is 0 Å². The van der Waals surface area contributed by atoms with Gasteiger partial charge in [0.15, 0.2) is 11.5 Å². The molecule has 5 heterocycles. The zero-order valence-electron chi connectivity index (χ0n) is 19.2. The number of carbonyl (C=O) groups is 1. The van der Waals surface area contributed by atoms with Crippen molar-refractivity contribution in [1.29, 1.82) is 0 Å². The van der Waals surface area contributed by atoms with Crippen molar-refractivity contribution in [3.63, 3.8) is 0 Å². The number of piperidine rings is 1. The van der Waals surface area contributed by atoms with Crippen LogP contribution in [0.1, 0.15) is 32.5 Å². The minimum Gasteiger partial charge on any atom is -0.381 e. The van der Waals surface area contributed by atoms with E-state index < -0.39 is 0 Å². The van der Waals surface area contributed by atoms with Crippen LogP contribution in [-0.2, 0) is 22.6 Å². The lowest BCUT2D eigenvalue weighted by molar-refractivity contribution is -0.129. The lowest BCUT2D eigenvalue weighted by Gasteiger charge is -2.32. The lowest BCUT2D eigenvalue weighted by Crippen LogP contribution is -2.41. The number of hydrogen-bond donors (Lipinski definition) is 1. The molecule has 0 atom stereocenters. The summed E-state index contributed by atoms with van der Waals surface area (Å²) in [4.78, 5) is 25.2. The summed E-state index contributed by atoms with van der Waals surface area (Å²) >= 11 is 0. The van der Waals surface area contributed by atoms with Crippen LogP contribution in [0.5, 0.6) is 0 Å². The average Bonchev–Trinajstić information content (AvgIpc) is 3.47. The van der Waals surface area contributed by atoms with Crippen molar-refractivity contribution >= 4 is 22.6 Å².